The fourth-order valence-corrected chi connectivity index (χ4v) is 0.408. The first-order valence-corrected chi connectivity index (χ1v) is 3.11. The van der Waals surface area contributed by atoms with E-state index in [4.69, 9.17) is 4.79 Å². The molecular weight excluding hydrogens is 162 g/mol. The fourth-order valence-electron chi connectivity index (χ4n) is 0.136. The average molecular weight is 166 g/mol. The van der Waals surface area contributed by atoms with Gasteiger partial charge >= 0.3 is 5.37 Å². The van der Waals surface area contributed by atoms with Gasteiger partial charge in [-0.05, 0) is 23.1 Å². The number of primary amides is 1. The number of carbonyl (C=O) groups is 1. The molecular formula is C3H4ClN3OS. The van der Waals surface area contributed by atoms with E-state index in [1.54, 1.807) is 6.20 Å². The van der Waals surface area contributed by atoms with E-state index < -0.39 is 5.37 Å². The SMILES string of the molecule is NC(=O)Cl.c1csnn1. The van der Waals surface area contributed by atoms with Gasteiger partial charge in [-0.3, -0.25) is 4.79 Å². The van der Waals surface area contributed by atoms with Crippen molar-refractivity contribution in [3.8, 4) is 0 Å². The molecule has 0 bridgehead atoms. The molecule has 1 aromatic rings. The van der Waals surface area contributed by atoms with Crippen LogP contribution < -0.4 is 5.73 Å². The van der Waals surface area contributed by atoms with Gasteiger partial charge in [0.15, 0.2) is 0 Å². The van der Waals surface area contributed by atoms with Crippen LogP contribution in [0.1, 0.15) is 0 Å². The van der Waals surface area contributed by atoms with E-state index >= 15 is 0 Å². The topological polar surface area (TPSA) is 68.9 Å². The van der Waals surface area contributed by atoms with Gasteiger partial charge in [-0.15, -0.1) is 5.10 Å². The van der Waals surface area contributed by atoms with Crippen molar-refractivity contribution in [1.29, 1.82) is 0 Å². The number of amides is 1. The van der Waals surface area contributed by atoms with Gasteiger partial charge in [0.2, 0.25) is 0 Å². The van der Waals surface area contributed by atoms with Crippen molar-refractivity contribution in [2.75, 3.05) is 0 Å². The standard InChI is InChI=1S/C2H2N2S.CH2ClNO/c1-2-5-4-3-1;2-1(3)4/h1-2H;(H2,3,4). The number of hydrogen-bond acceptors (Lipinski definition) is 4. The minimum Gasteiger partial charge on any atom is -0.356 e. The summed E-state index contributed by atoms with van der Waals surface area (Å²) in [5, 5.41) is 4.45. The number of halogens is 1. The van der Waals surface area contributed by atoms with Crippen LogP contribution in [0.5, 0.6) is 0 Å². The van der Waals surface area contributed by atoms with Crippen LogP contribution in [0, 0.1) is 0 Å². The highest BCUT2D eigenvalue weighted by Crippen LogP contribution is 1.78. The van der Waals surface area contributed by atoms with Gasteiger partial charge < -0.3 is 5.73 Å². The monoisotopic (exact) mass is 165 g/mol. The summed E-state index contributed by atoms with van der Waals surface area (Å²) in [6, 6.07) is 0. The van der Waals surface area contributed by atoms with Gasteiger partial charge in [0, 0.05) is 5.38 Å². The molecule has 1 heterocycles. The molecule has 0 aliphatic rings. The minimum absolute atomic E-state index is 0.861. The Bertz CT molecular complexity index is 133. The van der Waals surface area contributed by atoms with Crippen molar-refractivity contribution < 1.29 is 4.79 Å². The molecule has 4 nitrogen and oxygen atoms in total. The fraction of sp³-hybridized carbons (Fsp3) is 0. The zero-order valence-corrected chi connectivity index (χ0v) is 5.89. The van der Waals surface area contributed by atoms with Crippen molar-refractivity contribution in [2.45, 2.75) is 0 Å². The molecule has 0 saturated carbocycles. The molecule has 0 unspecified atom stereocenters. The van der Waals surface area contributed by atoms with Crippen LogP contribution >= 0.6 is 23.1 Å². The lowest BCUT2D eigenvalue weighted by Gasteiger charge is -1.56. The molecule has 1 aromatic heterocycles. The van der Waals surface area contributed by atoms with Crippen molar-refractivity contribution >= 4 is 28.5 Å². The Kier molecular flexibility index (Phi) is 5.04. The first kappa shape index (κ1) is 8.32. The van der Waals surface area contributed by atoms with Crippen molar-refractivity contribution in [2.24, 2.45) is 5.73 Å². The summed E-state index contributed by atoms with van der Waals surface area (Å²) >= 11 is 5.77. The molecule has 0 aromatic carbocycles. The van der Waals surface area contributed by atoms with E-state index in [0.717, 1.165) is 0 Å². The van der Waals surface area contributed by atoms with E-state index in [1.807, 2.05) is 5.38 Å². The molecule has 0 saturated heterocycles. The predicted molar refractivity (Wildman–Crippen MR) is 35.3 cm³/mol. The van der Waals surface area contributed by atoms with Crippen LogP contribution in [0.3, 0.4) is 0 Å². The lowest BCUT2D eigenvalue weighted by atomic mass is 11.1. The lowest BCUT2D eigenvalue weighted by Crippen LogP contribution is -1.94. The third kappa shape index (κ3) is 11.1. The summed E-state index contributed by atoms with van der Waals surface area (Å²) in [6.07, 6.45) is 1.66. The molecule has 0 aliphatic heterocycles. The Morgan fingerprint density at radius 1 is 1.78 bits per heavy atom. The van der Waals surface area contributed by atoms with Crippen LogP contribution in [0.25, 0.3) is 0 Å². The summed E-state index contributed by atoms with van der Waals surface area (Å²) in [5.74, 6) is 0. The maximum Gasteiger partial charge on any atom is 0.311 e. The minimum atomic E-state index is -0.861. The molecule has 1 amide bonds. The number of nitrogens with two attached hydrogens (primary N) is 1. The molecule has 0 spiro atoms. The third-order valence-corrected chi connectivity index (χ3v) is 0.715. The molecule has 1 rings (SSSR count). The normalized spacial score (nSPS) is 7.22. The van der Waals surface area contributed by atoms with Crippen LogP contribution in [-0.2, 0) is 0 Å². The van der Waals surface area contributed by atoms with Crippen molar-refractivity contribution in [1.82, 2.24) is 9.59 Å². The summed E-state index contributed by atoms with van der Waals surface area (Å²) in [5.41, 5.74) is 4.24. The Morgan fingerprint density at radius 2 is 2.33 bits per heavy atom. The number of rotatable bonds is 0. The highest BCUT2D eigenvalue weighted by Gasteiger charge is 1.66. The molecule has 6 heteroatoms. The largest absolute Gasteiger partial charge is 0.356 e. The van der Waals surface area contributed by atoms with E-state index in [2.05, 4.69) is 26.9 Å². The molecule has 9 heavy (non-hydrogen) atoms. The first-order valence-electron chi connectivity index (χ1n) is 1.89. The Labute approximate surface area is 60.8 Å². The van der Waals surface area contributed by atoms with Crippen LogP contribution in [0.2, 0.25) is 0 Å². The first-order chi connectivity index (χ1) is 4.23. The predicted octanol–water partition coefficient (Wildman–Crippen LogP) is 0.842. The molecule has 2 N–H and O–H groups in total. The van der Waals surface area contributed by atoms with Crippen LogP contribution in [0.4, 0.5) is 4.79 Å². The molecule has 0 aliphatic carbocycles. The number of hydrogen-bond donors (Lipinski definition) is 1. The number of aromatic nitrogens is 2. The number of carbonyl (C=O) groups excluding carboxylic acids is 1. The maximum absolute atomic E-state index is 8.99. The highest BCUT2D eigenvalue weighted by atomic mass is 35.5. The maximum atomic E-state index is 8.99. The highest BCUT2D eigenvalue weighted by molar-refractivity contribution is 7.03. The Hall–Kier alpha value is -0.680. The van der Waals surface area contributed by atoms with Crippen LogP contribution in [-0.4, -0.2) is 15.0 Å². The quantitative estimate of drug-likeness (QED) is 0.458. The van der Waals surface area contributed by atoms with E-state index in [9.17, 15) is 0 Å². The van der Waals surface area contributed by atoms with Gasteiger partial charge in [-0.2, -0.15) is 0 Å². The van der Waals surface area contributed by atoms with E-state index in [-0.39, 0.29) is 0 Å². The second kappa shape index (κ2) is 5.46. The van der Waals surface area contributed by atoms with Crippen molar-refractivity contribution in [3.05, 3.63) is 11.6 Å². The summed E-state index contributed by atoms with van der Waals surface area (Å²) < 4.78 is 3.51. The molecule has 0 radical (unpaired) electrons. The molecule has 0 atom stereocenters. The lowest BCUT2D eigenvalue weighted by molar-refractivity contribution is 0.266. The van der Waals surface area contributed by atoms with Crippen LogP contribution in [0.15, 0.2) is 11.6 Å². The zero-order valence-electron chi connectivity index (χ0n) is 4.32. The van der Waals surface area contributed by atoms with E-state index in [1.165, 1.54) is 11.5 Å². The smallest absolute Gasteiger partial charge is 0.311 e. The summed E-state index contributed by atoms with van der Waals surface area (Å²) in [4.78, 5) is 8.99. The molecule has 50 valence electrons. The van der Waals surface area contributed by atoms with Gasteiger partial charge in [-0.25, -0.2) is 0 Å². The molecule has 0 fully saturated rings. The van der Waals surface area contributed by atoms with Gasteiger partial charge in [0.05, 0.1) is 6.20 Å². The van der Waals surface area contributed by atoms with Crippen molar-refractivity contribution in [3.63, 3.8) is 0 Å². The second-order valence-electron chi connectivity index (χ2n) is 0.892. The van der Waals surface area contributed by atoms with Gasteiger partial charge in [-0.1, -0.05) is 4.49 Å². The van der Waals surface area contributed by atoms with E-state index in [0.29, 0.717) is 0 Å². The van der Waals surface area contributed by atoms with Gasteiger partial charge in [0.1, 0.15) is 0 Å². The average Bonchev–Trinajstić information content (AvgIpc) is 2.11. The second-order valence-corrected chi connectivity index (χ2v) is 1.91. The summed E-state index contributed by atoms with van der Waals surface area (Å²) in [7, 11) is 0. The Balaban J connectivity index is 0.000000148. The van der Waals surface area contributed by atoms with Gasteiger partial charge in [0.25, 0.3) is 0 Å². The zero-order chi connectivity index (χ0) is 7.11. The Morgan fingerprint density at radius 3 is 2.44 bits per heavy atom. The summed E-state index contributed by atoms with van der Waals surface area (Å²) in [6.45, 7) is 0. The number of nitrogens with zero attached hydrogens (tertiary/aromatic N) is 2. The third-order valence-electron chi connectivity index (χ3n) is 0.283.